The van der Waals surface area contributed by atoms with E-state index in [9.17, 15) is 4.79 Å². The smallest absolute Gasteiger partial charge is 0.305 e. The molecule has 0 amide bonds. The van der Waals surface area contributed by atoms with E-state index in [4.69, 9.17) is 4.98 Å². The fraction of sp³-hybridized carbons (Fsp3) is 0.120. The molecule has 4 nitrogen and oxygen atoms in total. The van der Waals surface area contributed by atoms with Crippen LogP contribution < -0.4 is 5.69 Å². The van der Waals surface area contributed by atoms with Crippen molar-refractivity contribution in [2.75, 3.05) is 0 Å². The summed E-state index contributed by atoms with van der Waals surface area (Å²) < 4.78 is 1.79. The molecule has 0 radical (unpaired) electrons. The molecule has 30 heavy (non-hydrogen) atoms. The minimum absolute atomic E-state index is 0.0827. The van der Waals surface area contributed by atoms with E-state index in [0.717, 1.165) is 32.9 Å². The third-order valence-electron chi connectivity index (χ3n) is 5.29. The maximum absolute atomic E-state index is 12.4. The molecule has 0 aliphatic carbocycles. The number of rotatable bonds is 4. The van der Waals surface area contributed by atoms with Crippen LogP contribution in [0.4, 0.5) is 0 Å². The van der Waals surface area contributed by atoms with Gasteiger partial charge in [0.05, 0.1) is 16.7 Å². The van der Waals surface area contributed by atoms with Crippen LogP contribution in [0, 0.1) is 0 Å². The van der Waals surface area contributed by atoms with Crippen molar-refractivity contribution < 1.29 is 0 Å². The minimum atomic E-state index is -0.0827. The normalized spacial score (nSPS) is 11.4. The van der Waals surface area contributed by atoms with Gasteiger partial charge in [0, 0.05) is 22.5 Å². The molecule has 5 heteroatoms. The van der Waals surface area contributed by atoms with Crippen molar-refractivity contribution in [3.05, 3.63) is 88.7 Å². The van der Waals surface area contributed by atoms with Gasteiger partial charge in [0.25, 0.3) is 0 Å². The van der Waals surface area contributed by atoms with Gasteiger partial charge in [-0.1, -0.05) is 60.7 Å². The van der Waals surface area contributed by atoms with Gasteiger partial charge in [0.1, 0.15) is 5.01 Å². The molecule has 0 spiro atoms. The maximum Gasteiger partial charge on any atom is 0.326 e. The Bertz CT molecular complexity index is 1380. The van der Waals surface area contributed by atoms with Crippen LogP contribution in [-0.4, -0.2) is 14.5 Å². The first-order chi connectivity index (χ1) is 14.6. The quantitative estimate of drug-likeness (QED) is 0.374. The summed E-state index contributed by atoms with van der Waals surface area (Å²) in [5.74, 6) is 0. The van der Waals surface area contributed by atoms with Crippen LogP contribution in [0.5, 0.6) is 0 Å². The second-order valence-electron chi connectivity index (χ2n) is 7.57. The predicted octanol–water partition coefficient (Wildman–Crippen LogP) is 6.37. The zero-order chi connectivity index (χ0) is 20.7. The summed E-state index contributed by atoms with van der Waals surface area (Å²) >= 11 is 1.59. The molecule has 0 bridgehead atoms. The Balaban J connectivity index is 1.52. The van der Waals surface area contributed by atoms with Crippen molar-refractivity contribution >= 4 is 22.4 Å². The highest BCUT2D eigenvalue weighted by molar-refractivity contribution is 7.13. The SMILES string of the molecule is CC(C)n1c(=O)[nH]c2c(-c3nc(-c4ccc(-c5ccccc5)cc4)cs3)cccc21. The van der Waals surface area contributed by atoms with E-state index < -0.39 is 0 Å². The molecule has 0 unspecified atom stereocenters. The zero-order valence-corrected chi connectivity index (χ0v) is 17.6. The number of aromatic amines is 1. The molecule has 5 aromatic rings. The molecule has 5 rings (SSSR count). The topological polar surface area (TPSA) is 50.7 Å². The van der Waals surface area contributed by atoms with Gasteiger partial charge >= 0.3 is 5.69 Å². The van der Waals surface area contributed by atoms with Crippen LogP contribution in [0.1, 0.15) is 19.9 Å². The summed E-state index contributed by atoms with van der Waals surface area (Å²) in [6.07, 6.45) is 0. The van der Waals surface area contributed by atoms with E-state index >= 15 is 0 Å². The lowest BCUT2D eigenvalue weighted by molar-refractivity contribution is 0.598. The number of nitrogens with zero attached hydrogens (tertiary/aromatic N) is 2. The van der Waals surface area contributed by atoms with E-state index in [2.05, 4.69) is 46.8 Å². The number of nitrogens with one attached hydrogen (secondary N) is 1. The summed E-state index contributed by atoms with van der Waals surface area (Å²) in [5, 5.41) is 2.98. The largest absolute Gasteiger partial charge is 0.326 e. The molecule has 148 valence electrons. The molecule has 0 fully saturated rings. The number of hydrogen-bond acceptors (Lipinski definition) is 3. The zero-order valence-electron chi connectivity index (χ0n) is 16.8. The molecule has 0 aliphatic heterocycles. The Hall–Kier alpha value is -3.44. The molecule has 0 aliphatic rings. The van der Waals surface area contributed by atoms with Crippen LogP contribution in [0.15, 0.2) is 83.0 Å². The van der Waals surface area contributed by atoms with Gasteiger partial charge in [-0.3, -0.25) is 4.57 Å². The highest BCUT2D eigenvalue weighted by atomic mass is 32.1. The number of thiazole rings is 1. The van der Waals surface area contributed by atoms with Crippen molar-refractivity contribution in [2.45, 2.75) is 19.9 Å². The lowest BCUT2D eigenvalue weighted by Crippen LogP contribution is -2.18. The number of hydrogen-bond donors (Lipinski definition) is 1. The summed E-state index contributed by atoms with van der Waals surface area (Å²) in [5.41, 5.74) is 7.05. The van der Waals surface area contributed by atoms with E-state index in [-0.39, 0.29) is 11.7 Å². The standard InChI is InChI=1S/C25H21N3OS/c1-16(2)28-22-10-6-9-20(23(22)27-25(28)29)24-26-21(15-30-24)19-13-11-18(12-14-19)17-7-4-3-5-8-17/h3-16H,1-2H3,(H,27,29). The fourth-order valence-electron chi connectivity index (χ4n) is 3.83. The van der Waals surface area contributed by atoms with Gasteiger partial charge < -0.3 is 4.98 Å². The van der Waals surface area contributed by atoms with Gasteiger partial charge in [-0.2, -0.15) is 0 Å². The van der Waals surface area contributed by atoms with Crippen molar-refractivity contribution in [1.29, 1.82) is 0 Å². The Morgan fingerprint density at radius 2 is 1.57 bits per heavy atom. The Kier molecular flexibility index (Phi) is 4.60. The highest BCUT2D eigenvalue weighted by Crippen LogP contribution is 2.33. The van der Waals surface area contributed by atoms with E-state index in [0.29, 0.717) is 0 Å². The van der Waals surface area contributed by atoms with Crippen LogP contribution in [0.2, 0.25) is 0 Å². The Labute approximate surface area is 178 Å². The summed E-state index contributed by atoms with van der Waals surface area (Å²) in [6, 6.07) is 24.9. The molecule has 0 saturated heterocycles. The summed E-state index contributed by atoms with van der Waals surface area (Å²) in [6.45, 7) is 4.03. The predicted molar refractivity (Wildman–Crippen MR) is 125 cm³/mol. The molecular formula is C25H21N3OS. The molecular weight excluding hydrogens is 390 g/mol. The first-order valence-corrected chi connectivity index (χ1v) is 10.8. The van der Waals surface area contributed by atoms with Crippen LogP contribution in [0.25, 0.3) is 44.0 Å². The minimum Gasteiger partial charge on any atom is -0.305 e. The van der Waals surface area contributed by atoms with E-state index in [1.54, 1.807) is 15.9 Å². The molecule has 2 aromatic heterocycles. The van der Waals surface area contributed by atoms with Crippen molar-refractivity contribution in [3.63, 3.8) is 0 Å². The lowest BCUT2D eigenvalue weighted by Gasteiger charge is -2.07. The number of para-hydroxylation sites is 1. The monoisotopic (exact) mass is 411 g/mol. The molecule has 2 heterocycles. The van der Waals surface area contributed by atoms with Crippen molar-refractivity contribution in [2.24, 2.45) is 0 Å². The Morgan fingerprint density at radius 1 is 0.867 bits per heavy atom. The van der Waals surface area contributed by atoms with Gasteiger partial charge in [-0.15, -0.1) is 11.3 Å². The van der Waals surface area contributed by atoms with Gasteiger partial charge in [-0.05, 0) is 37.1 Å². The van der Waals surface area contributed by atoms with Crippen LogP contribution >= 0.6 is 11.3 Å². The molecule has 1 N–H and O–H groups in total. The van der Waals surface area contributed by atoms with E-state index in [1.165, 1.54) is 11.1 Å². The van der Waals surface area contributed by atoms with Crippen molar-refractivity contribution in [3.8, 4) is 33.0 Å². The van der Waals surface area contributed by atoms with Crippen LogP contribution in [-0.2, 0) is 0 Å². The number of aromatic nitrogens is 3. The highest BCUT2D eigenvalue weighted by Gasteiger charge is 2.15. The lowest BCUT2D eigenvalue weighted by atomic mass is 10.0. The van der Waals surface area contributed by atoms with Gasteiger partial charge in [0.2, 0.25) is 0 Å². The van der Waals surface area contributed by atoms with Crippen LogP contribution in [0.3, 0.4) is 0 Å². The third-order valence-corrected chi connectivity index (χ3v) is 6.17. The molecule has 3 aromatic carbocycles. The van der Waals surface area contributed by atoms with Crippen molar-refractivity contribution in [1.82, 2.24) is 14.5 Å². The average Bonchev–Trinajstić information content (AvgIpc) is 3.38. The molecule has 0 atom stereocenters. The fourth-order valence-corrected chi connectivity index (χ4v) is 4.69. The Morgan fingerprint density at radius 3 is 2.30 bits per heavy atom. The van der Waals surface area contributed by atoms with Gasteiger partial charge in [0.15, 0.2) is 0 Å². The average molecular weight is 412 g/mol. The maximum atomic E-state index is 12.4. The first kappa shape index (κ1) is 18.6. The van der Waals surface area contributed by atoms with Gasteiger partial charge in [-0.25, -0.2) is 9.78 Å². The molecule has 0 saturated carbocycles. The third kappa shape index (κ3) is 3.17. The second kappa shape index (κ2) is 7.43. The number of fused-ring (bicyclic) bond motifs is 1. The number of H-pyrrole nitrogens is 1. The van der Waals surface area contributed by atoms with E-state index in [1.807, 2.05) is 50.2 Å². The number of imidazole rings is 1. The summed E-state index contributed by atoms with van der Waals surface area (Å²) in [7, 11) is 0. The first-order valence-electron chi connectivity index (χ1n) is 9.97. The number of benzene rings is 3. The second-order valence-corrected chi connectivity index (χ2v) is 8.43. The summed E-state index contributed by atoms with van der Waals surface area (Å²) in [4.78, 5) is 20.3.